The Hall–Kier alpha value is 0.0512. The van der Waals surface area contributed by atoms with E-state index in [1.54, 1.807) is 0 Å². The second-order valence-electron chi connectivity index (χ2n) is 9.36. The molecule has 0 unspecified atom stereocenters. The van der Waals surface area contributed by atoms with Crippen LogP contribution in [0, 0.1) is 0 Å². The van der Waals surface area contributed by atoms with Crippen LogP contribution >= 0.6 is 0 Å². The van der Waals surface area contributed by atoms with Crippen molar-refractivity contribution in [1.29, 1.82) is 0 Å². The molecular weight excluding hydrogens is 305 g/mol. The minimum atomic E-state index is -1.33. The van der Waals surface area contributed by atoms with Gasteiger partial charge in [0.1, 0.15) is 0 Å². The van der Waals surface area contributed by atoms with Crippen LogP contribution in [-0.2, 0) is 0 Å². The third kappa shape index (κ3) is 6.12. The first-order valence-corrected chi connectivity index (χ1v) is 15.8. The van der Waals surface area contributed by atoms with Crippen molar-refractivity contribution in [3.63, 3.8) is 0 Å². The van der Waals surface area contributed by atoms with Crippen LogP contribution in [0.2, 0.25) is 39.3 Å². The maximum atomic E-state index is 5.47. The van der Waals surface area contributed by atoms with Crippen molar-refractivity contribution in [2.24, 2.45) is 0 Å². The van der Waals surface area contributed by atoms with E-state index in [0.29, 0.717) is 17.1 Å². The molecule has 1 aromatic carbocycles. The van der Waals surface area contributed by atoms with Crippen molar-refractivity contribution >= 4 is 21.8 Å². The minimum Gasteiger partial charge on any atom is -0.686 e. The van der Waals surface area contributed by atoms with E-state index in [-0.39, 0.29) is 18.9 Å². The summed E-state index contributed by atoms with van der Waals surface area (Å²) in [4.78, 5) is 0. The molecule has 0 aliphatic carbocycles. The first-order valence-electron chi connectivity index (χ1n) is 8.69. The molecule has 0 aromatic heterocycles. The SMILES string of the molecule is CC(C)c1cccc(C(C)C)c1[N-]C([Si](C)(C)C)[Si](C)(C)C.[Li+]. The number of nitrogens with zero attached hydrogens (tertiary/aromatic N) is 1. The number of benzene rings is 1. The molecule has 0 saturated carbocycles. The maximum absolute atomic E-state index is 5.47. The Balaban J connectivity index is 0.00000484. The molecule has 1 nitrogen and oxygen atoms in total. The van der Waals surface area contributed by atoms with E-state index in [1.165, 1.54) is 16.8 Å². The molecule has 0 amide bonds. The maximum Gasteiger partial charge on any atom is 1.00 e. The molecule has 23 heavy (non-hydrogen) atoms. The molecule has 0 atom stereocenters. The summed E-state index contributed by atoms with van der Waals surface area (Å²) in [5.41, 5.74) is 4.16. The zero-order chi connectivity index (χ0) is 17.3. The molecule has 0 bridgehead atoms. The fraction of sp³-hybridized carbons (Fsp3) is 0.684. The van der Waals surface area contributed by atoms with E-state index < -0.39 is 16.1 Å². The van der Waals surface area contributed by atoms with Crippen molar-refractivity contribution in [1.82, 2.24) is 0 Å². The molecule has 0 aliphatic heterocycles. The van der Waals surface area contributed by atoms with Gasteiger partial charge in [-0.2, -0.15) is 0 Å². The molecular formula is C19H36LiNSi2. The van der Waals surface area contributed by atoms with Crippen molar-refractivity contribution in [2.75, 3.05) is 0 Å². The Labute approximate surface area is 159 Å². The molecule has 0 N–H and O–H groups in total. The third-order valence-electron chi connectivity index (χ3n) is 4.24. The standard InChI is InChI=1S/C19H36NSi2.Li/c1-14(2)16-12-11-13-17(15(3)4)18(16)20-19(21(5,6)7)22(8,9)10;/h11-15,19H,1-10H3;/q-1;+1. The summed E-state index contributed by atoms with van der Waals surface area (Å²) in [6, 6.07) is 6.77. The summed E-state index contributed by atoms with van der Waals surface area (Å²) in [6.07, 6.45) is 0. The predicted molar refractivity (Wildman–Crippen MR) is 108 cm³/mol. The van der Waals surface area contributed by atoms with Crippen LogP contribution in [-0.4, -0.2) is 21.4 Å². The van der Waals surface area contributed by atoms with E-state index in [0.717, 1.165) is 0 Å². The van der Waals surface area contributed by atoms with Gasteiger partial charge in [0, 0.05) is 16.1 Å². The van der Waals surface area contributed by atoms with Crippen molar-refractivity contribution in [2.45, 2.75) is 84.1 Å². The number of hydrogen-bond acceptors (Lipinski definition) is 0. The summed E-state index contributed by atoms with van der Waals surface area (Å²) < 4.78 is 0. The quantitative estimate of drug-likeness (QED) is 0.693. The van der Waals surface area contributed by atoms with Crippen LogP contribution in [0.25, 0.3) is 5.32 Å². The first kappa shape index (κ1) is 23.1. The van der Waals surface area contributed by atoms with Gasteiger partial charge in [0.15, 0.2) is 0 Å². The molecule has 126 valence electrons. The fourth-order valence-electron chi connectivity index (χ4n) is 3.48. The minimum absolute atomic E-state index is 0. The van der Waals surface area contributed by atoms with Gasteiger partial charge >= 0.3 is 18.9 Å². The predicted octanol–water partition coefficient (Wildman–Crippen LogP) is 4.07. The Bertz CT molecular complexity index is 459. The summed E-state index contributed by atoms with van der Waals surface area (Å²) in [7, 11) is -2.65. The van der Waals surface area contributed by atoms with Gasteiger partial charge in [0.2, 0.25) is 0 Å². The van der Waals surface area contributed by atoms with Gasteiger partial charge in [-0.1, -0.05) is 96.3 Å². The average molecular weight is 342 g/mol. The second-order valence-corrected chi connectivity index (χ2v) is 20.5. The Morgan fingerprint density at radius 3 is 1.35 bits per heavy atom. The summed E-state index contributed by atoms with van der Waals surface area (Å²) in [5.74, 6) is 1.06. The zero-order valence-corrected chi connectivity index (χ0v) is 19.4. The normalized spacial score (nSPS) is 12.7. The molecule has 0 saturated heterocycles. The topological polar surface area (TPSA) is 14.1 Å². The van der Waals surface area contributed by atoms with Gasteiger partial charge in [-0.05, 0) is 11.8 Å². The zero-order valence-electron chi connectivity index (χ0n) is 17.4. The molecule has 1 rings (SSSR count). The van der Waals surface area contributed by atoms with Gasteiger partial charge in [-0.3, -0.25) is 0 Å². The van der Waals surface area contributed by atoms with Crippen molar-refractivity contribution < 1.29 is 18.9 Å². The monoisotopic (exact) mass is 341 g/mol. The molecule has 0 fully saturated rings. The van der Waals surface area contributed by atoms with Gasteiger partial charge in [-0.15, -0.1) is 11.0 Å². The number of rotatable bonds is 6. The molecule has 0 spiro atoms. The molecule has 1 aromatic rings. The van der Waals surface area contributed by atoms with Crippen LogP contribution < -0.4 is 18.9 Å². The van der Waals surface area contributed by atoms with Gasteiger partial charge in [0.25, 0.3) is 0 Å². The summed E-state index contributed by atoms with van der Waals surface area (Å²) in [5, 5.41) is 6.03. The number of hydrogen-bond donors (Lipinski definition) is 0. The Morgan fingerprint density at radius 2 is 1.09 bits per heavy atom. The Kier molecular flexibility index (Phi) is 8.45. The van der Waals surface area contributed by atoms with Crippen LogP contribution in [0.1, 0.15) is 50.7 Å². The average Bonchev–Trinajstić information content (AvgIpc) is 2.32. The summed E-state index contributed by atoms with van der Waals surface area (Å²) >= 11 is 0. The van der Waals surface area contributed by atoms with Crippen LogP contribution in [0.15, 0.2) is 18.2 Å². The van der Waals surface area contributed by atoms with Crippen LogP contribution in [0.5, 0.6) is 0 Å². The van der Waals surface area contributed by atoms with E-state index in [1.807, 2.05) is 0 Å². The summed E-state index contributed by atoms with van der Waals surface area (Å²) in [6.45, 7) is 24.0. The van der Waals surface area contributed by atoms with Crippen LogP contribution in [0.3, 0.4) is 0 Å². The first-order chi connectivity index (χ1) is 9.85. The Morgan fingerprint density at radius 1 is 0.739 bits per heavy atom. The molecule has 0 radical (unpaired) electrons. The smallest absolute Gasteiger partial charge is 0.686 e. The van der Waals surface area contributed by atoms with Gasteiger partial charge in [0.05, 0.1) is 0 Å². The van der Waals surface area contributed by atoms with E-state index in [2.05, 4.69) is 85.2 Å². The largest absolute Gasteiger partial charge is 1.00 e. The van der Waals surface area contributed by atoms with E-state index >= 15 is 0 Å². The second kappa shape index (κ2) is 8.43. The van der Waals surface area contributed by atoms with Gasteiger partial charge < -0.3 is 5.32 Å². The van der Waals surface area contributed by atoms with E-state index in [4.69, 9.17) is 5.32 Å². The molecule has 0 heterocycles. The van der Waals surface area contributed by atoms with Gasteiger partial charge in [-0.25, -0.2) is 0 Å². The van der Waals surface area contributed by atoms with Crippen molar-refractivity contribution in [3.05, 3.63) is 34.6 Å². The van der Waals surface area contributed by atoms with Crippen LogP contribution in [0.4, 0.5) is 5.69 Å². The third-order valence-corrected chi connectivity index (χ3v) is 13.0. The molecule has 0 aliphatic rings. The number of para-hydroxylation sites is 1. The fourth-order valence-corrected chi connectivity index (χ4v) is 14.9. The molecule has 4 heteroatoms. The van der Waals surface area contributed by atoms with E-state index in [9.17, 15) is 0 Å². The van der Waals surface area contributed by atoms with Crippen molar-refractivity contribution in [3.8, 4) is 0 Å².